The molecule has 1 atom stereocenters. The van der Waals surface area contributed by atoms with E-state index >= 15 is 0 Å². The second kappa shape index (κ2) is 7.91. The van der Waals surface area contributed by atoms with Crippen LogP contribution in [0.4, 0.5) is 0 Å². The monoisotopic (exact) mass is 381 g/mol. The Bertz CT molecular complexity index is 693. The third-order valence-corrected chi connectivity index (χ3v) is 6.57. The summed E-state index contributed by atoms with van der Waals surface area (Å²) in [6.07, 6.45) is 3.48. The number of thiophene rings is 1. The van der Waals surface area contributed by atoms with Gasteiger partial charge in [-0.2, -0.15) is 0 Å². The van der Waals surface area contributed by atoms with Crippen LogP contribution in [0.3, 0.4) is 0 Å². The van der Waals surface area contributed by atoms with Gasteiger partial charge in [0.1, 0.15) is 0 Å². The van der Waals surface area contributed by atoms with Gasteiger partial charge in [0, 0.05) is 9.77 Å². The number of piperidine rings is 1. The molecule has 1 aliphatic rings. The molecule has 0 amide bonds. The van der Waals surface area contributed by atoms with Crippen molar-refractivity contribution in [2.45, 2.75) is 23.8 Å². The lowest BCUT2D eigenvalue weighted by Gasteiger charge is -2.36. The van der Waals surface area contributed by atoms with E-state index in [1.165, 1.54) is 15.3 Å². The Balaban J connectivity index is 1.86. The lowest BCUT2D eigenvalue weighted by Crippen LogP contribution is -2.39. The van der Waals surface area contributed by atoms with Crippen molar-refractivity contribution in [1.29, 1.82) is 0 Å². The van der Waals surface area contributed by atoms with Crippen molar-refractivity contribution in [3.63, 3.8) is 0 Å². The first-order valence-corrected chi connectivity index (χ1v) is 10.4. The summed E-state index contributed by atoms with van der Waals surface area (Å²) in [5, 5.41) is 9.22. The highest BCUT2D eigenvalue weighted by Crippen LogP contribution is 2.37. The number of likely N-dealkylation sites (tertiary alicyclic amines) is 1. The van der Waals surface area contributed by atoms with E-state index in [-0.39, 0.29) is 12.0 Å². The van der Waals surface area contributed by atoms with Crippen LogP contribution in [0.1, 0.15) is 29.3 Å². The highest BCUT2D eigenvalue weighted by Gasteiger charge is 2.30. The van der Waals surface area contributed by atoms with Gasteiger partial charge in [-0.15, -0.1) is 23.1 Å². The number of carboxylic acids is 1. The molecule has 0 spiro atoms. The van der Waals surface area contributed by atoms with E-state index in [1.807, 2.05) is 6.07 Å². The van der Waals surface area contributed by atoms with Crippen LogP contribution < -0.4 is 0 Å². The molecule has 1 aromatic heterocycles. The first-order chi connectivity index (χ1) is 11.6. The van der Waals surface area contributed by atoms with Crippen molar-refractivity contribution in [3.05, 3.63) is 51.2 Å². The zero-order valence-electron chi connectivity index (χ0n) is 13.4. The van der Waals surface area contributed by atoms with Gasteiger partial charge in [0.15, 0.2) is 0 Å². The molecule has 0 radical (unpaired) electrons. The number of rotatable bonds is 5. The minimum atomic E-state index is -0.672. The van der Waals surface area contributed by atoms with Crippen molar-refractivity contribution in [2.75, 3.05) is 19.3 Å². The van der Waals surface area contributed by atoms with Crippen molar-refractivity contribution >= 4 is 40.7 Å². The zero-order chi connectivity index (χ0) is 17.1. The molecule has 3 nitrogen and oxygen atoms in total. The van der Waals surface area contributed by atoms with Crippen LogP contribution >= 0.6 is 34.7 Å². The third-order valence-electron chi connectivity index (χ3n) is 4.54. The normalized spacial score (nSPS) is 17.8. The zero-order valence-corrected chi connectivity index (χ0v) is 15.8. The Morgan fingerprint density at radius 2 is 1.92 bits per heavy atom. The van der Waals surface area contributed by atoms with Gasteiger partial charge in [-0.3, -0.25) is 9.69 Å². The maximum Gasteiger partial charge on any atom is 0.306 e. The smallest absolute Gasteiger partial charge is 0.306 e. The van der Waals surface area contributed by atoms with Crippen molar-refractivity contribution in [1.82, 2.24) is 4.90 Å². The van der Waals surface area contributed by atoms with Gasteiger partial charge in [-0.05, 0) is 62.0 Å². The van der Waals surface area contributed by atoms with Crippen LogP contribution in [0.25, 0.3) is 0 Å². The first-order valence-electron chi connectivity index (χ1n) is 7.94. The average molecular weight is 382 g/mol. The number of carboxylic acid groups (broad SMARTS) is 1. The summed E-state index contributed by atoms with van der Waals surface area (Å²) >= 11 is 9.50. The molecule has 2 aromatic rings. The Labute approximate surface area is 155 Å². The van der Waals surface area contributed by atoms with Crippen molar-refractivity contribution in [2.24, 2.45) is 5.92 Å². The molecule has 1 fully saturated rings. The fourth-order valence-corrected chi connectivity index (χ4v) is 4.85. The molecule has 128 valence electrons. The molecule has 1 aromatic carbocycles. The highest BCUT2D eigenvalue weighted by molar-refractivity contribution is 7.98. The molecule has 2 heterocycles. The number of benzene rings is 1. The standard InChI is InChI=1S/C18H20ClNO2S2/c1-23-14-4-2-12(3-5-14)17(15-6-7-16(19)24-15)20-10-8-13(9-11-20)18(21)22/h2-7,13,17H,8-11H2,1H3,(H,21,22). The van der Waals surface area contributed by atoms with Crippen LogP contribution in [0.5, 0.6) is 0 Å². The summed E-state index contributed by atoms with van der Waals surface area (Å²) in [5.41, 5.74) is 1.24. The topological polar surface area (TPSA) is 40.5 Å². The molecule has 0 saturated carbocycles. The SMILES string of the molecule is CSc1ccc(C(c2ccc(Cl)s2)N2CCC(C(=O)O)CC2)cc1. The summed E-state index contributed by atoms with van der Waals surface area (Å²) in [7, 11) is 0. The Hall–Kier alpha value is -1.01. The molecule has 24 heavy (non-hydrogen) atoms. The number of thioether (sulfide) groups is 1. The number of carbonyl (C=O) groups is 1. The molecule has 0 bridgehead atoms. The van der Waals surface area contributed by atoms with Crippen molar-refractivity contribution < 1.29 is 9.90 Å². The van der Waals surface area contributed by atoms with Gasteiger partial charge in [-0.1, -0.05) is 23.7 Å². The Morgan fingerprint density at radius 3 is 2.42 bits per heavy atom. The molecule has 6 heteroatoms. The van der Waals surface area contributed by atoms with E-state index in [0.29, 0.717) is 12.8 Å². The van der Waals surface area contributed by atoms with Crippen LogP contribution in [-0.2, 0) is 4.79 Å². The summed E-state index contributed by atoms with van der Waals surface area (Å²) < 4.78 is 0.788. The molecule has 1 N–H and O–H groups in total. The van der Waals surface area contributed by atoms with Gasteiger partial charge in [0.25, 0.3) is 0 Å². The van der Waals surface area contributed by atoms with Crippen LogP contribution in [-0.4, -0.2) is 35.3 Å². The molecule has 1 saturated heterocycles. The van der Waals surface area contributed by atoms with Gasteiger partial charge in [-0.25, -0.2) is 0 Å². The number of nitrogens with zero attached hydrogens (tertiary/aromatic N) is 1. The molecular formula is C18H20ClNO2S2. The van der Waals surface area contributed by atoms with E-state index in [1.54, 1.807) is 23.1 Å². The van der Waals surface area contributed by atoms with Gasteiger partial charge < -0.3 is 5.11 Å². The predicted octanol–water partition coefficient (Wildman–Crippen LogP) is 5.01. The quantitative estimate of drug-likeness (QED) is 0.739. The van der Waals surface area contributed by atoms with Gasteiger partial charge in [0.2, 0.25) is 0 Å². The second-order valence-electron chi connectivity index (χ2n) is 5.97. The molecule has 1 aliphatic heterocycles. The fourth-order valence-electron chi connectivity index (χ4n) is 3.22. The summed E-state index contributed by atoms with van der Waals surface area (Å²) in [5.74, 6) is -0.887. The Kier molecular flexibility index (Phi) is 5.87. The summed E-state index contributed by atoms with van der Waals surface area (Å²) in [6, 6.07) is 12.8. The second-order valence-corrected chi connectivity index (χ2v) is 8.59. The lowest BCUT2D eigenvalue weighted by molar-refractivity contribution is -0.143. The minimum Gasteiger partial charge on any atom is -0.481 e. The molecule has 0 aliphatic carbocycles. The largest absolute Gasteiger partial charge is 0.481 e. The number of halogens is 1. The van der Waals surface area contributed by atoms with Crippen LogP contribution in [0.15, 0.2) is 41.3 Å². The van der Waals surface area contributed by atoms with Crippen LogP contribution in [0, 0.1) is 5.92 Å². The maximum absolute atomic E-state index is 11.2. The van der Waals surface area contributed by atoms with Gasteiger partial charge >= 0.3 is 5.97 Å². The summed E-state index contributed by atoms with van der Waals surface area (Å²) in [4.78, 5) is 16.0. The number of hydrogen-bond acceptors (Lipinski definition) is 4. The van der Waals surface area contributed by atoms with E-state index in [9.17, 15) is 9.90 Å². The van der Waals surface area contributed by atoms with Gasteiger partial charge in [0.05, 0.1) is 16.3 Å². The number of hydrogen-bond donors (Lipinski definition) is 1. The van der Waals surface area contributed by atoms with Crippen molar-refractivity contribution in [3.8, 4) is 0 Å². The van der Waals surface area contributed by atoms with E-state index in [2.05, 4.69) is 41.5 Å². The molecule has 3 rings (SSSR count). The van der Waals surface area contributed by atoms with E-state index < -0.39 is 5.97 Å². The third kappa shape index (κ3) is 3.97. The fraction of sp³-hybridized carbons (Fsp3) is 0.389. The van der Waals surface area contributed by atoms with E-state index in [4.69, 9.17) is 11.6 Å². The number of aliphatic carboxylic acids is 1. The Morgan fingerprint density at radius 1 is 1.25 bits per heavy atom. The molecular weight excluding hydrogens is 362 g/mol. The maximum atomic E-state index is 11.2. The summed E-state index contributed by atoms with van der Waals surface area (Å²) in [6.45, 7) is 1.59. The lowest BCUT2D eigenvalue weighted by atomic mass is 9.94. The average Bonchev–Trinajstić information content (AvgIpc) is 3.02. The minimum absolute atomic E-state index is 0.146. The molecule has 1 unspecified atom stereocenters. The predicted molar refractivity (Wildman–Crippen MR) is 101 cm³/mol. The van der Waals surface area contributed by atoms with Crippen LogP contribution in [0.2, 0.25) is 4.34 Å². The first kappa shape index (κ1) is 17.8. The van der Waals surface area contributed by atoms with E-state index in [0.717, 1.165) is 17.4 Å². The highest BCUT2D eigenvalue weighted by atomic mass is 35.5.